The van der Waals surface area contributed by atoms with E-state index in [0.717, 1.165) is 42.9 Å². The fourth-order valence-corrected chi connectivity index (χ4v) is 5.02. The Bertz CT molecular complexity index is 1050. The quantitative estimate of drug-likeness (QED) is 0.545. The van der Waals surface area contributed by atoms with Gasteiger partial charge < -0.3 is 11.1 Å². The molecule has 2 atom stereocenters. The lowest BCUT2D eigenvalue weighted by atomic mass is 10.0. The minimum atomic E-state index is -0.485. The summed E-state index contributed by atoms with van der Waals surface area (Å²) in [5.41, 5.74) is 6.51. The van der Waals surface area contributed by atoms with Gasteiger partial charge in [0.15, 0.2) is 0 Å². The molecule has 0 aliphatic carbocycles. The maximum atomic E-state index is 12.0. The van der Waals surface area contributed by atoms with Gasteiger partial charge in [0.05, 0.1) is 12.1 Å². The number of primary amides is 1. The van der Waals surface area contributed by atoms with Crippen molar-refractivity contribution in [3.8, 4) is 0 Å². The molecule has 1 aliphatic heterocycles. The normalized spacial score (nSPS) is 18.8. The smallest absolute Gasteiger partial charge is 0.240 e. The third-order valence-corrected chi connectivity index (χ3v) is 6.93. The molecular weight excluding hydrogens is 420 g/mol. The molecule has 4 rings (SSSR count). The number of rotatable bonds is 8. The van der Waals surface area contributed by atoms with Crippen LogP contribution in [0.4, 0.5) is 5.82 Å². The average Bonchev–Trinajstić information content (AvgIpc) is 3.26. The van der Waals surface area contributed by atoms with Crippen molar-refractivity contribution in [3.05, 3.63) is 52.5 Å². The SMILES string of the molecule is CC(C)[C@H](Nc1nc(CN2CCN(Cc3cccs3)C[C@@H]2C)nc2ccccc12)C(N)=O. The first-order chi connectivity index (χ1) is 15.4. The van der Waals surface area contributed by atoms with Crippen LogP contribution in [0.25, 0.3) is 10.9 Å². The van der Waals surface area contributed by atoms with E-state index in [9.17, 15) is 4.79 Å². The first-order valence-electron chi connectivity index (χ1n) is 11.2. The van der Waals surface area contributed by atoms with Crippen LogP contribution in [0.5, 0.6) is 0 Å². The topological polar surface area (TPSA) is 87.4 Å². The van der Waals surface area contributed by atoms with Crippen LogP contribution >= 0.6 is 11.3 Å². The monoisotopic (exact) mass is 452 g/mol. The highest BCUT2D eigenvalue weighted by Crippen LogP contribution is 2.24. The van der Waals surface area contributed by atoms with Gasteiger partial charge in [-0.1, -0.05) is 32.0 Å². The second-order valence-corrected chi connectivity index (χ2v) is 9.94. The molecule has 3 aromatic rings. The van der Waals surface area contributed by atoms with Gasteiger partial charge >= 0.3 is 0 Å². The molecule has 1 fully saturated rings. The van der Waals surface area contributed by atoms with Crippen molar-refractivity contribution in [3.63, 3.8) is 0 Å². The Morgan fingerprint density at radius 3 is 2.69 bits per heavy atom. The van der Waals surface area contributed by atoms with Gasteiger partial charge in [-0.05, 0) is 36.4 Å². The second-order valence-electron chi connectivity index (χ2n) is 8.91. The van der Waals surface area contributed by atoms with E-state index in [-0.39, 0.29) is 11.8 Å². The van der Waals surface area contributed by atoms with Gasteiger partial charge in [0, 0.05) is 42.5 Å². The van der Waals surface area contributed by atoms with E-state index in [0.29, 0.717) is 18.4 Å². The van der Waals surface area contributed by atoms with E-state index in [2.05, 4.69) is 39.6 Å². The van der Waals surface area contributed by atoms with Crippen LogP contribution in [0.1, 0.15) is 31.5 Å². The summed E-state index contributed by atoms with van der Waals surface area (Å²) in [5, 5.41) is 6.33. The number of aromatic nitrogens is 2. The van der Waals surface area contributed by atoms with Crippen molar-refractivity contribution in [2.45, 2.75) is 45.9 Å². The second kappa shape index (κ2) is 9.94. The Balaban J connectivity index is 1.51. The molecule has 1 saturated heterocycles. The lowest BCUT2D eigenvalue weighted by Gasteiger charge is -2.39. The number of fused-ring (bicyclic) bond motifs is 1. The molecule has 0 spiro atoms. The van der Waals surface area contributed by atoms with Crippen LogP contribution < -0.4 is 11.1 Å². The Morgan fingerprint density at radius 1 is 1.19 bits per heavy atom. The molecule has 32 heavy (non-hydrogen) atoms. The van der Waals surface area contributed by atoms with Crippen molar-refractivity contribution in [1.82, 2.24) is 19.8 Å². The standard InChI is InChI=1S/C24H32N6OS/c1-16(2)22(23(25)31)28-24-19-8-4-5-9-20(19)26-21(27-24)15-30-11-10-29(13-17(30)3)14-18-7-6-12-32-18/h4-9,12,16-17,22H,10-11,13-15H2,1-3H3,(H2,25,31)(H,26,27,28)/t17-,22-/m0/s1. The minimum absolute atomic E-state index is 0.0566. The number of thiophene rings is 1. The van der Waals surface area contributed by atoms with Gasteiger partial charge in [-0.2, -0.15) is 0 Å². The maximum absolute atomic E-state index is 12.0. The molecule has 2 aromatic heterocycles. The van der Waals surface area contributed by atoms with Gasteiger partial charge in [0.2, 0.25) is 5.91 Å². The van der Waals surface area contributed by atoms with Crippen LogP contribution in [0.2, 0.25) is 0 Å². The molecule has 1 aliphatic rings. The number of nitrogens with two attached hydrogens (primary N) is 1. The van der Waals surface area contributed by atoms with E-state index >= 15 is 0 Å². The minimum Gasteiger partial charge on any atom is -0.368 e. The largest absolute Gasteiger partial charge is 0.368 e. The molecule has 8 heteroatoms. The number of nitrogens with zero attached hydrogens (tertiary/aromatic N) is 4. The van der Waals surface area contributed by atoms with Crippen molar-refractivity contribution in [2.75, 3.05) is 25.0 Å². The van der Waals surface area contributed by atoms with Gasteiger partial charge in [0.1, 0.15) is 17.7 Å². The zero-order chi connectivity index (χ0) is 22.7. The number of carbonyl (C=O) groups is 1. The van der Waals surface area contributed by atoms with Crippen LogP contribution in [0.15, 0.2) is 41.8 Å². The molecule has 1 aromatic carbocycles. The van der Waals surface area contributed by atoms with E-state index in [4.69, 9.17) is 15.7 Å². The van der Waals surface area contributed by atoms with Gasteiger partial charge in [-0.25, -0.2) is 9.97 Å². The highest BCUT2D eigenvalue weighted by Gasteiger charge is 2.26. The Labute approximate surface area is 193 Å². The zero-order valence-electron chi connectivity index (χ0n) is 19.0. The Kier molecular flexibility index (Phi) is 7.03. The van der Waals surface area contributed by atoms with Crippen LogP contribution in [0, 0.1) is 5.92 Å². The summed E-state index contributed by atoms with van der Waals surface area (Å²) in [6, 6.07) is 12.1. The third kappa shape index (κ3) is 5.26. The Morgan fingerprint density at radius 2 is 2.00 bits per heavy atom. The lowest BCUT2D eigenvalue weighted by Crippen LogP contribution is -2.51. The van der Waals surface area contributed by atoms with E-state index in [1.165, 1.54) is 4.88 Å². The molecular formula is C24H32N6OS. The number of hydrogen-bond acceptors (Lipinski definition) is 7. The number of para-hydroxylation sites is 1. The highest BCUT2D eigenvalue weighted by atomic mass is 32.1. The molecule has 0 saturated carbocycles. The Hall–Kier alpha value is -2.55. The number of carbonyl (C=O) groups excluding carboxylic acids is 1. The summed E-state index contributed by atoms with van der Waals surface area (Å²) in [5.74, 6) is 1.12. The predicted molar refractivity (Wildman–Crippen MR) is 130 cm³/mol. The fraction of sp³-hybridized carbons (Fsp3) is 0.458. The molecule has 3 N–H and O–H groups in total. The summed E-state index contributed by atoms with van der Waals surface area (Å²) >= 11 is 1.82. The molecule has 1 amide bonds. The van der Waals surface area contributed by atoms with Crippen LogP contribution in [-0.4, -0.2) is 57.4 Å². The van der Waals surface area contributed by atoms with Crippen molar-refractivity contribution in [1.29, 1.82) is 0 Å². The van der Waals surface area contributed by atoms with Crippen LogP contribution in [0.3, 0.4) is 0 Å². The molecule has 0 unspecified atom stereocenters. The van der Waals surface area contributed by atoms with Crippen molar-refractivity contribution in [2.24, 2.45) is 11.7 Å². The van der Waals surface area contributed by atoms with E-state index < -0.39 is 6.04 Å². The molecule has 170 valence electrons. The molecule has 0 radical (unpaired) electrons. The lowest BCUT2D eigenvalue weighted by molar-refractivity contribution is -0.119. The fourth-order valence-electron chi connectivity index (χ4n) is 4.27. The van der Waals surface area contributed by atoms with E-state index in [1.807, 2.05) is 49.4 Å². The summed E-state index contributed by atoms with van der Waals surface area (Å²) in [6.07, 6.45) is 0. The number of benzene rings is 1. The molecule has 0 bridgehead atoms. The number of hydrogen-bond donors (Lipinski definition) is 2. The van der Waals surface area contributed by atoms with Gasteiger partial charge in [-0.15, -0.1) is 11.3 Å². The van der Waals surface area contributed by atoms with Crippen LogP contribution in [-0.2, 0) is 17.9 Å². The third-order valence-electron chi connectivity index (χ3n) is 6.07. The zero-order valence-corrected chi connectivity index (χ0v) is 19.8. The first kappa shape index (κ1) is 22.6. The molecule has 7 nitrogen and oxygen atoms in total. The maximum Gasteiger partial charge on any atom is 0.240 e. The average molecular weight is 453 g/mol. The summed E-state index contributed by atoms with van der Waals surface area (Å²) in [4.78, 5) is 28.0. The predicted octanol–water partition coefficient (Wildman–Crippen LogP) is 3.32. The van der Waals surface area contributed by atoms with Crippen molar-refractivity contribution >= 4 is 34.0 Å². The number of piperazine rings is 1. The highest BCUT2D eigenvalue weighted by molar-refractivity contribution is 7.09. The number of amides is 1. The summed E-state index contributed by atoms with van der Waals surface area (Å²) < 4.78 is 0. The number of nitrogens with one attached hydrogen (secondary N) is 1. The summed E-state index contributed by atoms with van der Waals surface area (Å²) in [7, 11) is 0. The molecule has 3 heterocycles. The van der Waals surface area contributed by atoms with Crippen molar-refractivity contribution < 1.29 is 4.79 Å². The summed E-state index contributed by atoms with van der Waals surface area (Å²) in [6.45, 7) is 10.9. The first-order valence-corrected chi connectivity index (χ1v) is 12.1. The van der Waals surface area contributed by atoms with E-state index in [1.54, 1.807) is 0 Å². The van der Waals surface area contributed by atoms with Gasteiger partial charge in [0.25, 0.3) is 0 Å². The number of anilines is 1. The van der Waals surface area contributed by atoms with Gasteiger partial charge in [-0.3, -0.25) is 14.6 Å².